The summed E-state index contributed by atoms with van der Waals surface area (Å²) in [6, 6.07) is 0.597. The molecule has 5 nitrogen and oxygen atoms in total. The van der Waals surface area contributed by atoms with Crippen LogP contribution < -0.4 is 0 Å². The Morgan fingerprint density at radius 3 is 2.95 bits per heavy atom. The van der Waals surface area contributed by atoms with Crippen LogP contribution in [0.15, 0.2) is 24.8 Å². The summed E-state index contributed by atoms with van der Waals surface area (Å²) in [5.74, 6) is 2.39. The molecule has 0 bridgehead atoms. The van der Waals surface area contributed by atoms with Crippen LogP contribution in [-0.4, -0.2) is 43.6 Å². The fourth-order valence-electron chi connectivity index (χ4n) is 3.20. The van der Waals surface area contributed by atoms with Gasteiger partial charge in [0.15, 0.2) is 5.82 Å². The smallest absolute Gasteiger partial charge is 0.156 e. The number of hydrogen-bond donors (Lipinski definition) is 0. The van der Waals surface area contributed by atoms with E-state index in [4.69, 9.17) is 4.98 Å². The second kappa shape index (κ2) is 6.57. The van der Waals surface area contributed by atoms with Crippen LogP contribution in [0.25, 0.3) is 5.82 Å². The maximum absolute atomic E-state index is 4.88. The molecule has 118 valence electrons. The Balaban J connectivity index is 1.85. The highest BCUT2D eigenvalue weighted by Crippen LogP contribution is 2.26. The van der Waals surface area contributed by atoms with Crippen LogP contribution >= 0.6 is 0 Å². The Labute approximate surface area is 132 Å². The first-order chi connectivity index (χ1) is 10.7. The van der Waals surface area contributed by atoms with Gasteiger partial charge in [0.1, 0.15) is 5.82 Å². The fourth-order valence-corrected chi connectivity index (χ4v) is 3.20. The second-order valence-electron chi connectivity index (χ2n) is 6.30. The van der Waals surface area contributed by atoms with Crippen LogP contribution in [0.2, 0.25) is 0 Å². The van der Waals surface area contributed by atoms with Gasteiger partial charge in [-0.05, 0) is 33.2 Å². The maximum atomic E-state index is 4.88. The van der Waals surface area contributed by atoms with Gasteiger partial charge in [-0.25, -0.2) is 9.97 Å². The van der Waals surface area contributed by atoms with Crippen molar-refractivity contribution in [2.45, 2.75) is 52.0 Å². The highest BCUT2D eigenvalue weighted by molar-refractivity contribution is 5.24. The van der Waals surface area contributed by atoms with E-state index in [0.717, 1.165) is 30.3 Å². The largest absolute Gasteiger partial charge is 0.300 e. The molecule has 1 saturated heterocycles. The first-order valence-electron chi connectivity index (χ1n) is 8.27. The van der Waals surface area contributed by atoms with Gasteiger partial charge in [0.25, 0.3) is 0 Å². The average molecular weight is 299 g/mol. The van der Waals surface area contributed by atoms with Crippen molar-refractivity contribution < 1.29 is 0 Å². The van der Waals surface area contributed by atoms with Crippen molar-refractivity contribution in [2.75, 3.05) is 13.1 Å². The summed E-state index contributed by atoms with van der Waals surface area (Å²) < 4.78 is 2.04. The highest BCUT2D eigenvalue weighted by atomic mass is 15.2. The summed E-state index contributed by atoms with van der Waals surface area (Å²) in [7, 11) is 0. The molecule has 1 atom stereocenters. The molecule has 3 heterocycles. The molecule has 1 aliphatic rings. The lowest BCUT2D eigenvalue weighted by Gasteiger charge is -2.35. The predicted molar refractivity (Wildman–Crippen MR) is 87.2 cm³/mol. The van der Waals surface area contributed by atoms with Crippen molar-refractivity contribution in [3.8, 4) is 5.82 Å². The van der Waals surface area contributed by atoms with E-state index >= 15 is 0 Å². The number of aryl methyl sites for hydroxylation is 1. The van der Waals surface area contributed by atoms with Crippen LogP contribution in [0.4, 0.5) is 0 Å². The van der Waals surface area contributed by atoms with Gasteiger partial charge in [-0.3, -0.25) is 9.55 Å². The van der Waals surface area contributed by atoms with E-state index in [9.17, 15) is 0 Å². The summed E-state index contributed by atoms with van der Waals surface area (Å²) in [4.78, 5) is 16.2. The van der Waals surface area contributed by atoms with Crippen LogP contribution in [0.5, 0.6) is 0 Å². The van der Waals surface area contributed by atoms with E-state index in [2.05, 4.69) is 35.6 Å². The monoisotopic (exact) mass is 299 g/mol. The number of rotatable bonds is 4. The average Bonchev–Trinajstić information content (AvgIpc) is 3.04. The summed E-state index contributed by atoms with van der Waals surface area (Å²) in [5.41, 5.74) is 1.11. The lowest BCUT2D eigenvalue weighted by molar-refractivity contribution is 0.166. The number of hydrogen-bond acceptors (Lipinski definition) is 4. The summed E-state index contributed by atoms with van der Waals surface area (Å²) in [6.07, 6.45) is 10.9. The molecule has 0 saturated carbocycles. The van der Waals surface area contributed by atoms with Gasteiger partial charge in [0, 0.05) is 43.5 Å². The van der Waals surface area contributed by atoms with Crippen LogP contribution in [0, 0.1) is 0 Å². The molecule has 0 amide bonds. The van der Waals surface area contributed by atoms with Gasteiger partial charge in [0.2, 0.25) is 0 Å². The molecule has 0 N–H and O–H groups in total. The van der Waals surface area contributed by atoms with Crippen molar-refractivity contribution in [3.05, 3.63) is 36.3 Å². The molecular weight excluding hydrogens is 274 g/mol. The third-order valence-corrected chi connectivity index (χ3v) is 4.52. The molecule has 3 rings (SSSR count). The van der Waals surface area contributed by atoms with Gasteiger partial charge >= 0.3 is 0 Å². The third kappa shape index (κ3) is 3.04. The van der Waals surface area contributed by atoms with Gasteiger partial charge in [-0.1, -0.05) is 6.92 Å². The van der Waals surface area contributed by atoms with Crippen LogP contribution in [-0.2, 0) is 6.42 Å². The minimum Gasteiger partial charge on any atom is -0.300 e. The van der Waals surface area contributed by atoms with Crippen molar-refractivity contribution in [2.24, 2.45) is 0 Å². The van der Waals surface area contributed by atoms with Crippen molar-refractivity contribution in [1.29, 1.82) is 0 Å². The first kappa shape index (κ1) is 15.2. The number of nitrogens with zero attached hydrogens (tertiary/aromatic N) is 5. The molecule has 22 heavy (non-hydrogen) atoms. The van der Waals surface area contributed by atoms with E-state index in [1.807, 2.05) is 29.4 Å². The van der Waals surface area contributed by atoms with Crippen LogP contribution in [0.1, 0.15) is 51.0 Å². The summed E-state index contributed by atoms with van der Waals surface area (Å²) in [5, 5.41) is 0. The zero-order valence-corrected chi connectivity index (χ0v) is 13.7. The Morgan fingerprint density at radius 1 is 1.32 bits per heavy atom. The van der Waals surface area contributed by atoms with E-state index < -0.39 is 0 Å². The Bertz CT molecular complexity index is 619. The normalized spacial score (nSPS) is 19.7. The lowest BCUT2D eigenvalue weighted by atomic mass is 9.94. The minimum absolute atomic E-state index is 0.484. The quantitative estimate of drug-likeness (QED) is 0.871. The van der Waals surface area contributed by atoms with E-state index in [1.165, 1.54) is 19.4 Å². The molecule has 0 aliphatic carbocycles. The van der Waals surface area contributed by atoms with Crippen LogP contribution in [0.3, 0.4) is 0 Å². The van der Waals surface area contributed by atoms with Gasteiger partial charge in [0.05, 0.1) is 11.9 Å². The Kier molecular flexibility index (Phi) is 4.52. The number of likely N-dealkylation sites (tertiary alicyclic amines) is 1. The molecule has 2 aromatic rings. The number of imidazole rings is 1. The van der Waals surface area contributed by atoms with E-state index in [1.54, 1.807) is 0 Å². The third-order valence-electron chi connectivity index (χ3n) is 4.52. The van der Waals surface area contributed by atoms with Gasteiger partial charge in [-0.15, -0.1) is 0 Å². The molecule has 5 heteroatoms. The fraction of sp³-hybridized carbons (Fsp3) is 0.588. The Hall–Kier alpha value is -1.75. The Morgan fingerprint density at radius 2 is 2.18 bits per heavy atom. The van der Waals surface area contributed by atoms with E-state index in [0.29, 0.717) is 12.0 Å². The SMILES string of the molecule is CCc1nccn1-c1cncc([C@@H]2CCCN(C(C)C)C2)n1. The molecule has 1 aliphatic heterocycles. The van der Waals surface area contributed by atoms with Crippen molar-refractivity contribution in [3.63, 3.8) is 0 Å². The van der Waals surface area contributed by atoms with Gasteiger partial charge in [-0.2, -0.15) is 0 Å². The molecule has 0 unspecified atom stereocenters. The minimum atomic E-state index is 0.484. The zero-order valence-electron chi connectivity index (χ0n) is 13.7. The summed E-state index contributed by atoms with van der Waals surface area (Å²) in [6.45, 7) is 8.92. The van der Waals surface area contributed by atoms with Crippen molar-refractivity contribution >= 4 is 0 Å². The second-order valence-corrected chi connectivity index (χ2v) is 6.30. The number of aromatic nitrogens is 4. The molecule has 0 spiro atoms. The standard InChI is InChI=1S/C17H25N5/c1-4-16-19-7-9-22(16)17-11-18-10-15(20-17)14-6-5-8-21(12-14)13(2)3/h7,9-11,13-14H,4-6,8,12H2,1-3H3/t14-/m1/s1. The van der Waals surface area contributed by atoms with E-state index in [-0.39, 0.29) is 0 Å². The molecule has 0 aromatic carbocycles. The lowest BCUT2D eigenvalue weighted by Crippen LogP contribution is -2.39. The molecule has 1 fully saturated rings. The molecular formula is C17H25N5. The summed E-state index contributed by atoms with van der Waals surface area (Å²) >= 11 is 0. The van der Waals surface area contributed by atoms with Crippen molar-refractivity contribution in [1.82, 2.24) is 24.4 Å². The number of piperidine rings is 1. The highest BCUT2D eigenvalue weighted by Gasteiger charge is 2.24. The zero-order chi connectivity index (χ0) is 15.5. The maximum Gasteiger partial charge on any atom is 0.156 e. The van der Waals surface area contributed by atoms with Gasteiger partial charge < -0.3 is 4.90 Å². The predicted octanol–water partition coefficient (Wildman–Crippen LogP) is 2.81. The molecule has 2 aromatic heterocycles. The first-order valence-corrected chi connectivity index (χ1v) is 8.27. The molecule has 0 radical (unpaired) electrons. The topological polar surface area (TPSA) is 46.8 Å².